The third kappa shape index (κ3) is 3.01. The van der Waals surface area contributed by atoms with Crippen molar-refractivity contribution in [1.82, 2.24) is 14.9 Å². The van der Waals surface area contributed by atoms with Crippen molar-refractivity contribution in [3.63, 3.8) is 0 Å². The van der Waals surface area contributed by atoms with Crippen LogP contribution in [0, 0.1) is 11.3 Å². The molecule has 2 aromatic heterocycles. The summed E-state index contributed by atoms with van der Waals surface area (Å²) in [6, 6.07) is 10.8. The van der Waals surface area contributed by atoms with Crippen LogP contribution in [-0.2, 0) is 13.1 Å². The summed E-state index contributed by atoms with van der Waals surface area (Å²) in [5.74, 6) is 0. The monoisotopic (exact) mass is 252 g/mol. The molecule has 0 unspecified atom stereocenters. The van der Waals surface area contributed by atoms with E-state index in [4.69, 9.17) is 5.26 Å². The summed E-state index contributed by atoms with van der Waals surface area (Å²) in [7, 11) is 0. The van der Waals surface area contributed by atoms with E-state index in [0.717, 1.165) is 24.7 Å². The first-order valence-electron chi connectivity index (χ1n) is 6.57. The molecule has 0 amide bonds. The van der Waals surface area contributed by atoms with Gasteiger partial charge in [-0.1, -0.05) is 0 Å². The molecule has 1 saturated carbocycles. The number of hydrogen-bond acceptors (Lipinski definition) is 3. The Hall–Kier alpha value is -2.12. The molecule has 1 aliphatic rings. The van der Waals surface area contributed by atoms with Gasteiger partial charge in [-0.05, 0) is 42.7 Å². The maximum absolute atomic E-state index is 8.87. The molecule has 0 bridgehead atoms. The fourth-order valence-electron chi connectivity index (χ4n) is 2.13. The van der Waals surface area contributed by atoms with Crippen LogP contribution in [-0.4, -0.2) is 15.6 Å². The van der Waals surface area contributed by atoms with Gasteiger partial charge in [-0.15, -0.1) is 0 Å². The van der Waals surface area contributed by atoms with Gasteiger partial charge in [0, 0.05) is 37.2 Å². The average molecular weight is 252 g/mol. The molecule has 0 saturated heterocycles. The van der Waals surface area contributed by atoms with E-state index in [1.807, 2.05) is 12.1 Å². The Kier molecular flexibility index (Phi) is 3.30. The van der Waals surface area contributed by atoms with E-state index < -0.39 is 0 Å². The standard InChI is InChI=1S/C15H16N4/c16-9-14-8-12(5-6-17-14)11-19-7-1-2-15(19)10-18-13-3-4-13/h1-2,5-8,13,18H,3-4,10-11H2. The lowest BCUT2D eigenvalue weighted by atomic mass is 10.2. The van der Waals surface area contributed by atoms with Crippen LogP contribution in [0.5, 0.6) is 0 Å². The van der Waals surface area contributed by atoms with Crippen molar-refractivity contribution in [1.29, 1.82) is 5.26 Å². The number of pyridine rings is 1. The minimum Gasteiger partial charge on any atom is -0.346 e. The van der Waals surface area contributed by atoms with Gasteiger partial charge in [-0.25, -0.2) is 4.98 Å². The van der Waals surface area contributed by atoms with Crippen molar-refractivity contribution in [2.45, 2.75) is 32.0 Å². The quantitative estimate of drug-likeness (QED) is 0.886. The first kappa shape index (κ1) is 11.9. The van der Waals surface area contributed by atoms with Crippen molar-refractivity contribution < 1.29 is 0 Å². The first-order valence-corrected chi connectivity index (χ1v) is 6.57. The van der Waals surface area contributed by atoms with Gasteiger partial charge in [-0.2, -0.15) is 5.26 Å². The van der Waals surface area contributed by atoms with Gasteiger partial charge in [0.05, 0.1) is 0 Å². The summed E-state index contributed by atoms with van der Waals surface area (Å²) in [6.07, 6.45) is 6.38. The van der Waals surface area contributed by atoms with Crippen LogP contribution in [0.4, 0.5) is 0 Å². The summed E-state index contributed by atoms with van der Waals surface area (Å²) in [6.45, 7) is 1.69. The largest absolute Gasteiger partial charge is 0.346 e. The number of nitrogens with zero attached hydrogens (tertiary/aromatic N) is 3. The van der Waals surface area contributed by atoms with Crippen LogP contribution in [0.25, 0.3) is 0 Å². The zero-order valence-electron chi connectivity index (χ0n) is 10.7. The zero-order chi connectivity index (χ0) is 13.1. The Bertz CT molecular complexity index is 605. The molecule has 1 N–H and O–H groups in total. The molecular weight excluding hydrogens is 236 g/mol. The van der Waals surface area contributed by atoms with Gasteiger partial charge in [0.15, 0.2) is 0 Å². The molecule has 4 heteroatoms. The lowest BCUT2D eigenvalue weighted by molar-refractivity contribution is 0.634. The van der Waals surface area contributed by atoms with Crippen LogP contribution < -0.4 is 5.32 Å². The zero-order valence-corrected chi connectivity index (χ0v) is 10.7. The molecule has 19 heavy (non-hydrogen) atoms. The Labute approximate surface area is 112 Å². The first-order chi connectivity index (χ1) is 9.35. The molecule has 4 nitrogen and oxygen atoms in total. The summed E-state index contributed by atoms with van der Waals surface area (Å²) < 4.78 is 2.21. The van der Waals surface area contributed by atoms with Crippen molar-refractivity contribution in [2.75, 3.05) is 0 Å². The second kappa shape index (κ2) is 5.25. The number of aromatic nitrogens is 2. The molecule has 3 rings (SSSR count). The molecule has 2 heterocycles. The summed E-state index contributed by atoms with van der Waals surface area (Å²) in [5.41, 5.74) is 2.86. The maximum Gasteiger partial charge on any atom is 0.140 e. The highest BCUT2D eigenvalue weighted by Gasteiger charge is 2.20. The van der Waals surface area contributed by atoms with E-state index in [9.17, 15) is 0 Å². The van der Waals surface area contributed by atoms with Crippen LogP contribution in [0.2, 0.25) is 0 Å². The predicted octanol–water partition coefficient (Wildman–Crippen LogP) is 2.06. The minimum atomic E-state index is 0.474. The van der Waals surface area contributed by atoms with Crippen LogP contribution >= 0.6 is 0 Å². The third-order valence-corrected chi connectivity index (χ3v) is 3.36. The highest BCUT2D eigenvalue weighted by Crippen LogP contribution is 2.19. The second-order valence-corrected chi connectivity index (χ2v) is 4.94. The SMILES string of the molecule is N#Cc1cc(Cn2cccc2CNC2CC2)ccn1. The highest BCUT2D eigenvalue weighted by molar-refractivity contribution is 5.26. The number of rotatable bonds is 5. The van der Waals surface area contributed by atoms with Gasteiger partial charge >= 0.3 is 0 Å². The molecule has 0 atom stereocenters. The van der Waals surface area contributed by atoms with E-state index in [1.165, 1.54) is 18.5 Å². The molecule has 1 fully saturated rings. The third-order valence-electron chi connectivity index (χ3n) is 3.36. The van der Waals surface area contributed by atoms with Crippen molar-refractivity contribution in [3.05, 3.63) is 53.6 Å². The van der Waals surface area contributed by atoms with Crippen LogP contribution in [0.1, 0.15) is 29.8 Å². The smallest absolute Gasteiger partial charge is 0.140 e. The topological polar surface area (TPSA) is 53.6 Å². The number of hydrogen-bond donors (Lipinski definition) is 1. The number of nitrogens with one attached hydrogen (secondary N) is 1. The van der Waals surface area contributed by atoms with Crippen molar-refractivity contribution in [2.24, 2.45) is 0 Å². The Morgan fingerprint density at radius 2 is 2.32 bits per heavy atom. The predicted molar refractivity (Wildman–Crippen MR) is 72.3 cm³/mol. The van der Waals surface area contributed by atoms with E-state index >= 15 is 0 Å². The Balaban J connectivity index is 1.71. The highest BCUT2D eigenvalue weighted by atomic mass is 15.0. The van der Waals surface area contributed by atoms with E-state index in [0.29, 0.717) is 5.69 Å². The average Bonchev–Trinajstić information content (AvgIpc) is 3.17. The van der Waals surface area contributed by atoms with Gasteiger partial charge in [0.1, 0.15) is 11.8 Å². The second-order valence-electron chi connectivity index (χ2n) is 4.94. The lowest BCUT2D eigenvalue weighted by Crippen LogP contribution is -2.18. The Morgan fingerprint density at radius 3 is 3.11 bits per heavy atom. The maximum atomic E-state index is 8.87. The normalized spacial score (nSPS) is 14.3. The summed E-state index contributed by atoms with van der Waals surface area (Å²) in [4.78, 5) is 3.99. The molecule has 1 aliphatic carbocycles. The van der Waals surface area contributed by atoms with Crippen molar-refractivity contribution >= 4 is 0 Å². The van der Waals surface area contributed by atoms with E-state index in [-0.39, 0.29) is 0 Å². The van der Waals surface area contributed by atoms with Gasteiger partial charge in [0.2, 0.25) is 0 Å². The van der Waals surface area contributed by atoms with Crippen molar-refractivity contribution in [3.8, 4) is 6.07 Å². The fraction of sp³-hybridized carbons (Fsp3) is 0.333. The van der Waals surface area contributed by atoms with Gasteiger partial charge in [-0.3, -0.25) is 0 Å². The van der Waals surface area contributed by atoms with Crippen LogP contribution in [0.3, 0.4) is 0 Å². The molecule has 0 spiro atoms. The van der Waals surface area contributed by atoms with Gasteiger partial charge < -0.3 is 9.88 Å². The fourth-order valence-corrected chi connectivity index (χ4v) is 2.13. The molecule has 2 aromatic rings. The van der Waals surface area contributed by atoms with E-state index in [2.05, 4.69) is 39.3 Å². The summed E-state index contributed by atoms with van der Waals surface area (Å²) >= 11 is 0. The molecule has 0 aliphatic heterocycles. The molecular formula is C15H16N4. The Morgan fingerprint density at radius 1 is 1.42 bits per heavy atom. The summed E-state index contributed by atoms with van der Waals surface area (Å²) in [5, 5.41) is 12.4. The van der Waals surface area contributed by atoms with Gasteiger partial charge in [0.25, 0.3) is 0 Å². The lowest BCUT2D eigenvalue weighted by Gasteiger charge is -2.10. The molecule has 0 radical (unpaired) electrons. The minimum absolute atomic E-state index is 0.474. The van der Waals surface area contributed by atoms with E-state index in [1.54, 1.807) is 6.20 Å². The molecule has 0 aromatic carbocycles. The van der Waals surface area contributed by atoms with Crippen LogP contribution in [0.15, 0.2) is 36.7 Å². The number of nitriles is 1. The molecule has 96 valence electrons.